The molecule has 0 aliphatic heterocycles. The van der Waals surface area contributed by atoms with Gasteiger partial charge in [0.15, 0.2) is 0 Å². The van der Waals surface area contributed by atoms with Crippen LogP contribution in [0.25, 0.3) is 0 Å². The second kappa shape index (κ2) is 4.97. The zero-order valence-electron chi connectivity index (χ0n) is 8.14. The van der Waals surface area contributed by atoms with E-state index < -0.39 is 0 Å². The molecule has 0 aliphatic carbocycles. The van der Waals surface area contributed by atoms with Crippen LogP contribution in [0.1, 0.15) is 5.56 Å². The van der Waals surface area contributed by atoms with E-state index in [4.69, 9.17) is 0 Å². The molecule has 1 aromatic carbocycles. The number of nitro benzene ring substituents is 1. The van der Waals surface area contributed by atoms with Crippen LogP contribution in [-0.4, -0.2) is 23.3 Å². The van der Waals surface area contributed by atoms with Gasteiger partial charge in [0.2, 0.25) is 0 Å². The highest BCUT2D eigenvalue weighted by Gasteiger charge is 2.03. The first-order chi connectivity index (χ1) is 6.59. The van der Waals surface area contributed by atoms with Crippen molar-refractivity contribution < 1.29 is 4.92 Å². The fourth-order valence-corrected chi connectivity index (χ4v) is 1.52. The monoisotopic (exact) mass is 212 g/mol. The van der Waals surface area contributed by atoms with E-state index in [2.05, 4.69) is 0 Å². The van der Waals surface area contributed by atoms with Crippen LogP contribution < -0.4 is 0 Å². The Morgan fingerprint density at radius 1 is 1.36 bits per heavy atom. The molecule has 0 spiro atoms. The van der Waals surface area contributed by atoms with Crippen molar-refractivity contribution in [2.45, 2.75) is 5.75 Å². The number of benzene rings is 1. The minimum absolute atomic E-state index is 0.142. The fourth-order valence-electron chi connectivity index (χ4n) is 0.918. The predicted molar refractivity (Wildman–Crippen MR) is 58.1 cm³/mol. The van der Waals surface area contributed by atoms with Crippen LogP contribution in [0.4, 0.5) is 5.69 Å². The van der Waals surface area contributed by atoms with Gasteiger partial charge in [0.25, 0.3) is 5.69 Å². The molecule has 0 amide bonds. The lowest BCUT2D eigenvalue weighted by Gasteiger charge is -2.07. The van der Waals surface area contributed by atoms with Crippen molar-refractivity contribution in [2.75, 3.05) is 14.1 Å². The van der Waals surface area contributed by atoms with Crippen LogP contribution in [0, 0.1) is 10.1 Å². The van der Waals surface area contributed by atoms with E-state index in [1.165, 1.54) is 12.1 Å². The Bertz CT molecular complexity index is 311. The highest BCUT2D eigenvalue weighted by Crippen LogP contribution is 2.17. The molecule has 0 atom stereocenters. The highest BCUT2D eigenvalue weighted by atomic mass is 32.2. The van der Waals surface area contributed by atoms with Crippen LogP contribution in [0.3, 0.4) is 0 Å². The van der Waals surface area contributed by atoms with Gasteiger partial charge in [-0.05, 0) is 19.7 Å². The second-order valence-electron chi connectivity index (χ2n) is 3.01. The topological polar surface area (TPSA) is 46.4 Å². The van der Waals surface area contributed by atoms with E-state index in [0.29, 0.717) is 0 Å². The van der Waals surface area contributed by atoms with Crippen LogP contribution in [0.2, 0.25) is 0 Å². The molecule has 0 saturated heterocycles. The maximum Gasteiger partial charge on any atom is 0.269 e. The molecule has 5 heteroatoms. The first-order valence-corrected chi connectivity index (χ1v) is 5.07. The summed E-state index contributed by atoms with van der Waals surface area (Å²) in [6.45, 7) is 0. The molecular weight excluding hydrogens is 200 g/mol. The highest BCUT2D eigenvalue weighted by molar-refractivity contribution is 7.96. The molecule has 0 heterocycles. The summed E-state index contributed by atoms with van der Waals surface area (Å²) in [4.78, 5) is 9.98. The Hall–Kier alpha value is -1.07. The van der Waals surface area contributed by atoms with Gasteiger partial charge in [0, 0.05) is 17.9 Å². The summed E-state index contributed by atoms with van der Waals surface area (Å²) >= 11 is 1.66. The number of hydrogen-bond acceptors (Lipinski definition) is 4. The Morgan fingerprint density at radius 3 is 2.36 bits per heavy atom. The Morgan fingerprint density at radius 2 is 1.93 bits per heavy atom. The third-order valence-corrected chi connectivity index (χ3v) is 2.62. The molecule has 1 rings (SSSR count). The van der Waals surface area contributed by atoms with Gasteiger partial charge >= 0.3 is 0 Å². The van der Waals surface area contributed by atoms with E-state index in [1.807, 2.05) is 18.4 Å². The summed E-state index contributed by atoms with van der Waals surface area (Å²) in [6, 6.07) is 6.64. The number of nitrogens with zero attached hydrogens (tertiary/aromatic N) is 2. The third kappa shape index (κ3) is 3.35. The summed E-state index contributed by atoms with van der Waals surface area (Å²) in [5.74, 6) is 0.838. The summed E-state index contributed by atoms with van der Waals surface area (Å²) in [7, 11) is 3.94. The molecule has 76 valence electrons. The average molecular weight is 212 g/mol. The molecule has 4 nitrogen and oxygen atoms in total. The molecule has 0 radical (unpaired) electrons. The van der Waals surface area contributed by atoms with E-state index >= 15 is 0 Å². The molecule has 0 unspecified atom stereocenters. The first kappa shape index (κ1) is 11.0. The van der Waals surface area contributed by atoms with Crippen molar-refractivity contribution >= 4 is 17.6 Å². The Labute approximate surface area is 87.2 Å². The number of rotatable bonds is 4. The zero-order chi connectivity index (χ0) is 10.6. The summed E-state index contributed by atoms with van der Waals surface area (Å²) in [5.41, 5.74) is 1.23. The third-order valence-electron chi connectivity index (χ3n) is 1.64. The minimum Gasteiger partial charge on any atom is -0.258 e. The molecule has 0 aromatic heterocycles. The minimum atomic E-state index is -0.386. The largest absolute Gasteiger partial charge is 0.269 e. The lowest BCUT2D eigenvalue weighted by atomic mass is 10.2. The SMILES string of the molecule is CN(C)SCc1ccc([N+](=O)[O-])cc1. The average Bonchev–Trinajstić information content (AvgIpc) is 2.15. The van der Waals surface area contributed by atoms with Gasteiger partial charge in [0.05, 0.1) is 4.92 Å². The van der Waals surface area contributed by atoms with Crippen molar-refractivity contribution in [1.82, 2.24) is 4.31 Å². The lowest BCUT2D eigenvalue weighted by Crippen LogP contribution is -1.99. The van der Waals surface area contributed by atoms with E-state index in [0.717, 1.165) is 11.3 Å². The van der Waals surface area contributed by atoms with E-state index in [1.54, 1.807) is 24.1 Å². The quantitative estimate of drug-likeness (QED) is 0.436. The summed E-state index contributed by atoms with van der Waals surface area (Å²) < 4.78 is 2.00. The van der Waals surface area contributed by atoms with Gasteiger partial charge in [-0.3, -0.25) is 14.4 Å². The molecule has 0 saturated carbocycles. The van der Waals surface area contributed by atoms with E-state index in [9.17, 15) is 10.1 Å². The van der Waals surface area contributed by atoms with Crippen molar-refractivity contribution in [3.05, 3.63) is 39.9 Å². The van der Waals surface area contributed by atoms with Crippen LogP contribution in [0.15, 0.2) is 24.3 Å². The smallest absolute Gasteiger partial charge is 0.258 e. The standard InChI is InChI=1S/C9H12N2O2S/c1-10(2)14-7-8-3-5-9(6-4-8)11(12)13/h3-6H,7H2,1-2H3. The molecule has 0 N–H and O–H groups in total. The van der Waals surface area contributed by atoms with Gasteiger partial charge in [-0.15, -0.1) is 0 Å². The molecule has 0 fully saturated rings. The van der Waals surface area contributed by atoms with Gasteiger partial charge in [-0.2, -0.15) is 0 Å². The van der Waals surface area contributed by atoms with Crippen LogP contribution in [0.5, 0.6) is 0 Å². The van der Waals surface area contributed by atoms with Gasteiger partial charge in [-0.1, -0.05) is 24.1 Å². The predicted octanol–water partition coefficient (Wildman–Crippen LogP) is 2.30. The molecule has 1 aromatic rings. The number of nitro groups is 1. The second-order valence-corrected chi connectivity index (χ2v) is 4.29. The summed E-state index contributed by atoms with van der Waals surface area (Å²) in [5, 5.41) is 10.4. The van der Waals surface area contributed by atoms with Crippen LogP contribution in [-0.2, 0) is 5.75 Å². The normalized spacial score (nSPS) is 10.5. The summed E-state index contributed by atoms with van der Waals surface area (Å²) in [6.07, 6.45) is 0. The zero-order valence-corrected chi connectivity index (χ0v) is 8.95. The van der Waals surface area contributed by atoms with Crippen molar-refractivity contribution in [2.24, 2.45) is 0 Å². The maximum absolute atomic E-state index is 10.4. The number of hydrogen-bond donors (Lipinski definition) is 0. The van der Waals surface area contributed by atoms with E-state index in [-0.39, 0.29) is 10.6 Å². The van der Waals surface area contributed by atoms with Crippen molar-refractivity contribution in [3.8, 4) is 0 Å². The Balaban J connectivity index is 2.60. The van der Waals surface area contributed by atoms with Gasteiger partial charge < -0.3 is 0 Å². The first-order valence-electron chi connectivity index (χ1n) is 4.13. The fraction of sp³-hybridized carbons (Fsp3) is 0.333. The van der Waals surface area contributed by atoms with Gasteiger partial charge in [0.1, 0.15) is 0 Å². The van der Waals surface area contributed by atoms with Crippen LogP contribution >= 0.6 is 11.9 Å². The molecular formula is C9H12N2O2S. The lowest BCUT2D eigenvalue weighted by molar-refractivity contribution is -0.384. The molecule has 14 heavy (non-hydrogen) atoms. The molecule has 0 aliphatic rings. The van der Waals surface area contributed by atoms with Crippen molar-refractivity contribution in [3.63, 3.8) is 0 Å². The van der Waals surface area contributed by atoms with Crippen molar-refractivity contribution in [1.29, 1.82) is 0 Å². The molecule has 0 bridgehead atoms. The Kier molecular flexibility index (Phi) is 3.91. The van der Waals surface area contributed by atoms with Gasteiger partial charge in [-0.25, -0.2) is 0 Å². The maximum atomic E-state index is 10.4. The number of non-ortho nitro benzene ring substituents is 1.